The van der Waals surface area contributed by atoms with Crippen LogP contribution < -0.4 is 10.9 Å². The Morgan fingerprint density at radius 1 is 1.15 bits per heavy atom. The quantitative estimate of drug-likeness (QED) is 0.397. The van der Waals surface area contributed by atoms with Crippen LogP contribution in [-0.2, 0) is 0 Å². The Labute approximate surface area is 165 Å². The van der Waals surface area contributed by atoms with Crippen molar-refractivity contribution in [2.24, 2.45) is 0 Å². The van der Waals surface area contributed by atoms with Crippen molar-refractivity contribution >= 4 is 44.4 Å². The van der Waals surface area contributed by atoms with Gasteiger partial charge >= 0.3 is 0 Å². The molecule has 3 aromatic heterocycles. The molecule has 3 heterocycles. The minimum atomic E-state index is -0.198. The molecule has 0 bridgehead atoms. The molecule has 0 spiro atoms. The van der Waals surface area contributed by atoms with E-state index < -0.39 is 0 Å². The second-order valence-electron chi connectivity index (χ2n) is 6.18. The molecule has 4 nitrogen and oxygen atoms in total. The lowest BCUT2D eigenvalue weighted by molar-refractivity contribution is 0.0955. The SMILES string of the molecule is O=C(NCCCCl)c1cc(-c2ccccc2)c(=O)n2ccc3ccsc3c12. The zero-order valence-electron chi connectivity index (χ0n) is 14.4. The predicted molar refractivity (Wildman–Crippen MR) is 112 cm³/mol. The molecule has 27 heavy (non-hydrogen) atoms. The first kappa shape index (κ1) is 17.8. The Morgan fingerprint density at radius 2 is 1.96 bits per heavy atom. The summed E-state index contributed by atoms with van der Waals surface area (Å²) in [6.07, 6.45) is 2.44. The molecule has 0 saturated carbocycles. The maximum Gasteiger partial charge on any atom is 0.263 e. The third-order valence-electron chi connectivity index (χ3n) is 4.47. The largest absolute Gasteiger partial charge is 0.352 e. The number of hydrogen-bond acceptors (Lipinski definition) is 3. The zero-order chi connectivity index (χ0) is 18.8. The number of amides is 1. The van der Waals surface area contributed by atoms with Gasteiger partial charge in [0.2, 0.25) is 0 Å². The van der Waals surface area contributed by atoms with Gasteiger partial charge < -0.3 is 5.32 Å². The van der Waals surface area contributed by atoms with Gasteiger partial charge in [0.15, 0.2) is 0 Å². The summed E-state index contributed by atoms with van der Waals surface area (Å²) in [5, 5.41) is 5.90. The van der Waals surface area contributed by atoms with E-state index in [0.29, 0.717) is 35.5 Å². The van der Waals surface area contributed by atoms with E-state index in [1.165, 1.54) is 11.3 Å². The number of aromatic nitrogens is 1. The van der Waals surface area contributed by atoms with Crippen LogP contribution in [0.1, 0.15) is 16.8 Å². The van der Waals surface area contributed by atoms with E-state index in [1.54, 1.807) is 16.7 Å². The number of fused-ring (bicyclic) bond motifs is 3. The van der Waals surface area contributed by atoms with Crippen molar-refractivity contribution < 1.29 is 4.79 Å². The summed E-state index contributed by atoms with van der Waals surface area (Å²) >= 11 is 7.25. The molecule has 6 heteroatoms. The average molecular weight is 397 g/mol. The standard InChI is InChI=1S/C21H17ClN2O2S/c22-9-4-10-23-20(25)17-13-16(14-5-2-1-3-6-14)21(26)24-11-7-15-8-12-27-19(15)18(17)24/h1-3,5-8,11-13H,4,9-10H2,(H,23,25). The highest BCUT2D eigenvalue weighted by atomic mass is 35.5. The fourth-order valence-electron chi connectivity index (χ4n) is 3.17. The van der Waals surface area contributed by atoms with E-state index in [1.807, 2.05) is 47.8 Å². The number of pyridine rings is 2. The monoisotopic (exact) mass is 396 g/mol. The van der Waals surface area contributed by atoms with Gasteiger partial charge in [0.05, 0.1) is 15.8 Å². The maximum atomic E-state index is 13.1. The highest BCUT2D eigenvalue weighted by Gasteiger charge is 2.18. The van der Waals surface area contributed by atoms with Crippen LogP contribution in [-0.4, -0.2) is 22.7 Å². The smallest absolute Gasteiger partial charge is 0.263 e. The molecule has 0 aliphatic rings. The van der Waals surface area contributed by atoms with Gasteiger partial charge in [0.25, 0.3) is 11.5 Å². The number of thiophene rings is 1. The highest BCUT2D eigenvalue weighted by molar-refractivity contribution is 7.18. The Kier molecular flexibility index (Phi) is 4.97. The van der Waals surface area contributed by atoms with E-state index in [-0.39, 0.29) is 11.5 Å². The molecule has 4 rings (SSSR count). The first-order valence-corrected chi connectivity index (χ1v) is 10.1. The summed E-state index contributed by atoms with van der Waals surface area (Å²) in [5.41, 5.74) is 2.31. The molecule has 0 atom stereocenters. The van der Waals surface area contributed by atoms with Crippen molar-refractivity contribution in [3.05, 3.63) is 76.0 Å². The van der Waals surface area contributed by atoms with Crippen LogP contribution in [0.5, 0.6) is 0 Å². The van der Waals surface area contributed by atoms with E-state index in [0.717, 1.165) is 15.6 Å². The van der Waals surface area contributed by atoms with Gasteiger partial charge in [-0.2, -0.15) is 0 Å². The number of halogens is 1. The molecule has 0 unspecified atom stereocenters. The number of hydrogen-bond donors (Lipinski definition) is 1. The van der Waals surface area contributed by atoms with Crippen LogP contribution in [0, 0.1) is 0 Å². The molecular weight excluding hydrogens is 380 g/mol. The van der Waals surface area contributed by atoms with Crippen molar-refractivity contribution in [1.29, 1.82) is 0 Å². The minimum absolute atomic E-state index is 0.135. The lowest BCUT2D eigenvalue weighted by Gasteiger charge is -2.12. The summed E-state index contributed by atoms with van der Waals surface area (Å²) in [5.74, 6) is 0.287. The topological polar surface area (TPSA) is 50.6 Å². The third kappa shape index (κ3) is 3.24. The second kappa shape index (κ2) is 7.55. The maximum absolute atomic E-state index is 13.1. The summed E-state index contributed by atoms with van der Waals surface area (Å²) < 4.78 is 2.51. The number of rotatable bonds is 5. The summed E-state index contributed by atoms with van der Waals surface area (Å²) in [6.45, 7) is 0.495. The molecule has 0 radical (unpaired) electrons. The molecule has 1 N–H and O–H groups in total. The number of nitrogens with zero attached hydrogens (tertiary/aromatic N) is 1. The Morgan fingerprint density at radius 3 is 2.74 bits per heavy atom. The molecule has 0 saturated heterocycles. The molecular formula is C21H17ClN2O2S. The third-order valence-corrected chi connectivity index (χ3v) is 5.68. The van der Waals surface area contributed by atoms with Crippen LogP contribution in [0.3, 0.4) is 0 Å². The number of benzene rings is 1. The van der Waals surface area contributed by atoms with Crippen molar-refractivity contribution in [2.75, 3.05) is 12.4 Å². The number of alkyl halides is 1. The number of carbonyl (C=O) groups excluding carboxylic acids is 1. The van der Waals surface area contributed by atoms with E-state index in [4.69, 9.17) is 11.6 Å². The van der Waals surface area contributed by atoms with Gasteiger partial charge in [-0.15, -0.1) is 22.9 Å². The zero-order valence-corrected chi connectivity index (χ0v) is 16.0. The van der Waals surface area contributed by atoms with Gasteiger partial charge in [-0.3, -0.25) is 14.0 Å². The lowest BCUT2D eigenvalue weighted by Crippen LogP contribution is -2.27. The van der Waals surface area contributed by atoms with E-state index >= 15 is 0 Å². The van der Waals surface area contributed by atoms with Crippen molar-refractivity contribution in [2.45, 2.75) is 6.42 Å². The van der Waals surface area contributed by atoms with Gasteiger partial charge in [-0.05, 0) is 40.9 Å². The number of carbonyl (C=O) groups is 1. The second-order valence-corrected chi connectivity index (χ2v) is 7.47. The first-order chi connectivity index (χ1) is 13.2. The predicted octanol–water partition coefficient (Wildman–Crippen LogP) is 4.54. The molecule has 1 amide bonds. The highest BCUT2D eigenvalue weighted by Crippen LogP contribution is 2.29. The Balaban J connectivity index is 2.00. The Bertz CT molecular complexity index is 1180. The van der Waals surface area contributed by atoms with E-state index in [9.17, 15) is 9.59 Å². The minimum Gasteiger partial charge on any atom is -0.352 e. The van der Waals surface area contributed by atoms with Crippen LogP contribution in [0.2, 0.25) is 0 Å². The van der Waals surface area contributed by atoms with Gasteiger partial charge in [0, 0.05) is 24.2 Å². The van der Waals surface area contributed by atoms with Crippen LogP contribution in [0.4, 0.5) is 0 Å². The fraction of sp³-hybridized carbons (Fsp3) is 0.143. The van der Waals surface area contributed by atoms with Crippen molar-refractivity contribution in [3.8, 4) is 11.1 Å². The molecule has 0 aliphatic heterocycles. The van der Waals surface area contributed by atoms with E-state index in [2.05, 4.69) is 5.32 Å². The molecule has 1 aromatic carbocycles. The summed E-state index contributed by atoms with van der Waals surface area (Å²) in [4.78, 5) is 26.1. The first-order valence-electron chi connectivity index (χ1n) is 8.66. The van der Waals surface area contributed by atoms with Gasteiger partial charge in [0.1, 0.15) is 0 Å². The molecule has 4 aromatic rings. The summed E-state index contributed by atoms with van der Waals surface area (Å²) in [6, 6.07) is 15.0. The average Bonchev–Trinajstić information content (AvgIpc) is 3.18. The molecule has 0 fully saturated rings. The molecule has 136 valence electrons. The molecule has 0 aliphatic carbocycles. The van der Waals surface area contributed by atoms with Gasteiger partial charge in [-0.25, -0.2) is 0 Å². The van der Waals surface area contributed by atoms with Gasteiger partial charge in [-0.1, -0.05) is 30.3 Å². The Hall–Kier alpha value is -2.63. The summed E-state index contributed by atoms with van der Waals surface area (Å²) in [7, 11) is 0. The lowest BCUT2D eigenvalue weighted by atomic mass is 10.0. The van der Waals surface area contributed by atoms with Crippen LogP contribution in [0.25, 0.3) is 26.7 Å². The van der Waals surface area contributed by atoms with Crippen molar-refractivity contribution in [1.82, 2.24) is 9.72 Å². The normalized spacial score (nSPS) is 11.1. The van der Waals surface area contributed by atoms with Crippen LogP contribution in [0.15, 0.2) is 64.9 Å². The van der Waals surface area contributed by atoms with Crippen molar-refractivity contribution in [3.63, 3.8) is 0 Å². The van der Waals surface area contributed by atoms with Crippen LogP contribution >= 0.6 is 22.9 Å². The fourth-order valence-corrected chi connectivity index (χ4v) is 4.25. The number of nitrogens with one attached hydrogen (secondary N) is 1.